The normalized spacial score (nSPS) is 12.5. The Morgan fingerprint density at radius 2 is 0.587 bits per heavy atom. The van der Waals surface area contributed by atoms with Crippen LogP contribution in [0.4, 0.5) is 34.1 Å². The molecule has 3 heterocycles. The van der Waals surface area contributed by atoms with Gasteiger partial charge in [-0.05, 0) is 235 Å². The zero-order valence-electron chi connectivity index (χ0n) is 65.9. The number of aryl methyl sites for hydroxylation is 2. The van der Waals surface area contributed by atoms with E-state index in [0.29, 0.717) is 0 Å². The van der Waals surface area contributed by atoms with Crippen molar-refractivity contribution in [2.75, 3.05) is 9.80 Å². The van der Waals surface area contributed by atoms with Gasteiger partial charge >= 0.3 is 0 Å². The van der Waals surface area contributed by atoms with Crippen LogP contribution in [0.3, 0.4) is 0 Å². The van der Waals surface area contributed by atoms with E-state index in [4.69, 9.17) is 0 Å². The molecule has 540 valence electrons. The van der Waals surface area contributed by atoms with Crippen molar-refractivity contribution in [1.82, 2.24) is 13.7 Å². The van der Waals surface area contributed by atoms with Gasteiger partial charge in [0.05, 0.1) is 38.8 Å². The molecule has 0 radical (unpaired) electrons. The number of fused-ring (bicyclic) bond motifs is 11. The number of hydrogen-bond donors (Lipinski definition) is 0. The molecule has 0 spiro atoms. The Kier molecular flexibility index (Phi) is 17.6. The molecule has 109 heavy (non-hydrogen) atoms. The summed E-state index contributed by atoms with van der Waals surface area (Å²) >= 11 is 0. The summed E-state index contributed by atoms with van der Waals surface area (Å²) in [5.41, 5.74) is 29.3. The number of benzene rings is 14. The second kappa shape index (κ2) is 27.2. The van der Waals surface area contributed by atoms with Gasteiger partial charge in [0.2, 0.25) is 0 Å². The maximum atomic E-state index is 2.52. The summed E-state index contributed by atoms with van der Waals surface area (Å²) in [5.74, 6) is 0. The van der Waals surface area contributed by atoms with Crippen LogP contribution in [0, 0.1) is 0 Å². The summed E-state index contributed by atoms with van der Waals surface area (Å²) in [6.07, 6.45) is 4.38. The maximum Gasteiger partial charge on any atom is 0.0568 e. The predicted octanol–water partition coefficient (Wildman–Crippen LogP) is 29.5. The summed E-state index contributed by atoms with van der Waals surface area (Å²) < 4.78 is 7.51. The predicted molar refractivity (Wildman–Crippen MR) is 470 cm³/mol. The molecule has 0 bridgehead atoms. The SMILES string of the molecule is CCCc1ccc(-c2ccc(N(c3cccc(-n4c5ccc(C(C)(C)C)cc5c5cc(C(C)(C)C)ccc54)c3)c3ccc4c5c6ccccc6c(N(c6ccc(-c7ccc(CCC)cc7)cc6)c6cccc(-n7c8ccc(C(C)(C)C)cc8c8cc(C(C)(C)C)ccc87)c6)cc5n(-c5ccccc5)c4c3)cc2)cc1. The zero-order chi connectivity index (χ0) is 75.4. The summed E-state index contributed by atoms with van der Waals surface area (Å²) in [5, 5.41) is 9.78. The molecule has 0 aliphatic carbocycles. The van der Waals surface area contributed by atoms with Gasteiger partial charge in [-0.25, -0.2) is 0 Å². The second-order valence-electron chi connectivity index (χ2n) is 34.5. The van der Waals surface area contributed by atoms with Crippen LogP contribution in [-0.4, -0.2) is 13.7 Å². The summed E-state index contributed by atoms with van der Waals surface area (Å²) in [6.45, 7) is 32.3. The molecule has 17 rings (SSSR count). The van der Waals surface area contributed by atoms with Gasteiger partial charge in [0.25, 0.3) is 0 Å². The van der Waals surface area contributed by atoms with Gasteiger partial charge in [-0.3, -0.25) is 0 Å². The lowest BCUT2D eigenvalue weighted by Crippen LogP contribution is -2.12. The van der Waals surface area contributed by atoms with E-state index in [-0.39, 0.29) is 21.7 Å². The van der Waals surface area contributed by atoms with Crippen molar-refractivity contribution in [2.24, 2.45) is 0 Å². The third kappa shape index (κ3) is 12.8. The van der Waals surface area contributed by atoms with Gasteiger partial charge in [0.1, 0.15) is 0 Å². The Labute approximate surface area is 644 Å². The zero-order valence-corrected chi connectivity index (χ0v) is 65.9. The number of rotatable bonds is 15. The van der Waals surface area contributed by atoms with E-state index < -0.39 is 0 Å². The topological polar surface area (TPSA) is 21.3 Å². The van der Waals surface area contributed by atoms with Crippen LogP contribution in [0.2, 0.25) is 0 Å². The highest BCUT2D eigenvalue weighted by molar-refractivity contribution is 6.25. The van der Waals surface area contributed by atoms with E-state index in [1.807, 2.05) is 0 Å². The minimum atomic E-state index is -0.0237. The smallest absolute Gasteiger partial charge is 0.0568 e. The molecule has 0 amide bonds. The first-order valence-electron chi connectivity index (χ1n) is 39.4. The molecule has 0 aliphatic heterocycles. The van der Waals surface area contributed by atoms with Crippen molar-refractivity contribution < 1.29 is 0 Å². The lowest BCUT2D eigenvalue weighted by Gasteiger charge is -2.28. The molecule has 0 saturated heterocycles. The highest BCUT2D eigenvalue weighted by atomic mass is 15.2. The number of aromatic nitrogens is 3. The van der Waals surface area contributed by atoms with Gasteiger partial charge in [0.15, 0.2) is 0 Å². The minimum Gasteiger partial charge on any atom is -0.310 e. The molecule has 0 fully saturated rings. The molecule has 5 heteroatoms. The van der Waals surface area contributed by atoms with E-state index >= 15 is 0 Å². The van der Waals surface area contributed by atoms with Crippen LogP contribution in [0.5, 0.6) is 0 Å². The van der Waals surface area contributed by atoms with E-state index in [9.17, 15) is 0 Å². The van der Waals surface area contributed by atoms with Gasteiger partial charge in [-0.1, -0.05) is 267 Å². The Morgan fingerprint density at radius 1 is 0.239 bits per heavy atom. The van der Waals surface area contributed by atoms with Crippen molar-refractivity contribution >= 4 is 110 Å². The first kappa shape index (κ1) is 70.3. The lowest BCUT2D eigenvalue weighted by atomic mass is 9.85. The Balaban J connectivity index is 0.884. The Bertz CT molecular complexity index is 6170. The monoisotopic (exact) mass is 1420 g/mol. The van der Waals surface area contributed by atoms with Gasteiger partial charge in [-0.2, -0.15) is 0 Å². The van der Waals surface area contributed by atoms with E-state index in [0.717, 1.165) is 93.3 Å². The molecule has 0 saturated carbocycles. The first-order valence-corrected chi connectivity index (χ1v) is 39.4. The van der Waals surface area contributed by atoms with Gasteiger partial charge in [-0.15, -0.1) is 0 Å². The van der Waals surface area contributed by atoms with Crippen LogP contribution < -0.4 is 9.80 Å². The van der Waals surface area contributed by atoms with Crippen molar-refractivity contribution in [2.45, 2.75) is 144 Å². The number of para-hydroxylation sites is 1. The van der Waals surface area contributed by atoms with Crippen LogP contribution in [0.25, 0.3) is 116 Å². The highest BCUT2D eigenvalue weighted by Crippen LogP contribution is 2.50. The fraction of sp³-hybridized carbons (Fsp3) is 0.212. The summed E-state index contributed by atoms with van der Waals surface area (Å²) in [7, 11) is 0. The third-order valence-corrected chi connectivity index (χ3v) is 22.8. The van der Waals surface area contributed by atoms with E-state index in [1.165, 1.54) is 115 Å². The van der Waals surface area contributed by atoms with E-state index in [1.54, 1.807) is 0 Å². The highest BCUT2D eigenvalue weighted by Gasteiger charge is 2.28. The number of hydrogen-bond acceptors (Lipinski definition) is 2. The van der Waals surface area contributed by atoms with Crippen molar-refractivity contribution in [3.63, 3.8) is 0 Å². The van der Waals surface area contributed by atoms with E-state index in [2.05, 4.69) is 418 Å². The van der Waals surface area contributed by atoms with Crippen molar-refractivity contribution in [3.05, 3.63) is 331 Å². The largest absolute Gasteiger partial charge is 0.310 e. The van der Waals surface area contributed by atoms with Crippen LogP contribution in [0.15, 0.2) is 297 Å². The second-order valence-corrected chi connectivity index (χ2v) is 34.5. The number of nitrogens with zero attached hydrogens (tertiary/aromatic N) is 5. The van der Waals surface area contributed by atoms with Gasteiger partial charge < -0.3 is 23.5 Å². The summed E-state index contributed by atoms with van der Waals surface area (Å²) in [4.78, 5) is 4.99. The lowest BCUT2D eigenvalue weighted by molar-refractivity contribution is 0.590. The fourth-order valence-electron chi connectivity index (χ4n) is 16.8. The van der Waals surface area contributed by atoms with Crippen molar-refractivity contribution in [1.29, 1.82) is 0 Å². The van der Waals surface area contributed by atoms with Crippen LogP contribution in [0.1, 0.15) is 143 Å². The number of anilines is 6. The molecule has 5 nitrogen and oxygen atoms in total. The van der Waals surface area contributed by atoms with Crippen LogP contribution >= 0.6 is 0 Å². The summed E-state index contributed by atoms with van der Waals surface area (Å²) in [6, 6.07) is 114. The van der Waals surface area contributed by atoms with Gasteiger partial charge in [0, 0.05) is 83.2 Å². The Hall–Kier alpha value is -11.7. The third-order valence-electron chi connectivity index (χ3n) is 22.8. The molecule has 3 aromatic heterocycles. The molecule has 0 atom stereocenters. The molecule has 0 N–H and O–H groups in total. The molecule has 0 unspecified atom stereocenters. The maximum absolute atomic E-state index is 2.52. The standard InChI is InChI=1S/C104H99N5/c1-15-24-68-34-38-70(39-35-68)72-42-50-79(51-43-72)105(81-28-22-30-83(64-81)108-93-56-46-74(101(3,4)5)60-89(93)90-61-75(102(6,7)8)47-57-94(90)108)85-54-55-88-97(66-85)107(78-26-18-17-19-27-78)99-67-98(86-32-20-21-33-87(86)100(88)99)106(80-52-44-73(45-53-80)71-40-36-69(25-16-2)37-41-71)82-29-23-31-84(65-82)109-95-58-48-76(103(9,10)11)62-91(95)92-63-77(104(12,13)14)49-59-96(92)109/h17-23,26-67H,15-16,24-25H2,1-14H3. The average molecular weight is 1420 g/mol. The fourth-order valence-corrected chi connectivity index (χ4v) is 16.8. The molecular formula is C104H99N5. The first-order chi connectivity index (χ1) is 52.5. The molecule has 14 aromatic carbocycles. The van der Waals surface area contributed by atoms with Crippen molar-refractivity contribution in [3.8, 4) is 39.3 Å². The molecule has 0 aliphatic rings. The average Bonchev–Trinajstić information content (AvgIpc) is 1.35. The quantitative estimate of drug-likeness (QED) is 0.102. The molecular weight excluding hydrogens is 1320 g/mol. The minimum absolute atomic E-state index is 0.0194. The van der Waals surface area contributed by atoms with Crippen LogP contribution in [-0.2, 0) is 34.5 Å². The Morgan fingerprint density at radius 3 is 1.00 bits per heavy atom. The molecule has 17 aromatic rings.